The molecule has 4 atom stereocenters. The smallest absolute Gasteiger partial charge is 0.311 e. The SMILES string of the molecule is COC(=O)[C@@H]1[C@@H](C(=O)OC)[C@H]2CC[C@H]1N2. The first-order chi connectivity index (χ1) is 7.19. The van der Waals surface area contributed by atoms with Crippen LogP contribution in [0.15, 0.2) is 0 Å². The second-order valence-electron chi connectivity index (χ2n) is 4.05. The highest BCUT2D eigenvalue weighted by molar-refractivity contribution is 5.84. The fourth-order valence-corrected chi connectivity index (χ4v) is 2.76. The molecule has 5 heteroatoms. The molecule has 1 N–H and O–H groups in total. The standard InChI is InChI=1S/C10H15NO4/c1-14-9(12)7-5-3-4-6(11-5)8(7)10(13)15-2/h5-8,11H,3-4H2,1-2H3/t5-,6-,7+,8+/m1/s1. The molecular weight excluding hydrogens is 198 g/mol. The van der Waals surface area contributed by atoms with Gasteiger partial charge in [-0.15, -0.1) is 0 Å². The first kappa shape index (κ1) is 10.4. The highest BCUT2D eigenvalue weighted by atomic mass is 16.5. The Hall–Kier alpha value is -1.10. The van der Waals surface area contributed by atoms with Crippen LogP contribution in [0, 0.1) is 11.8 Å². The van der Waals surface area contributed by atoms with Gasteiger partial charge in [-0.25, -0.2) is 0 Å². The number of carbonyl (C=O) groups is 2. The molecule has 0 aromatic heterocycles. The van der Waals surface area contributed by atoms with Crippen LogP contribution in [0.1, 0.15) is 12.8 Å². The second kappa shape index (κ2) is 3.81. The van der Waals surface area contributed by atoms with Gasteiger partial charge in [0.25, 0.3) is 0 Å². The summed E-state index contributed by atoms with van der Waals surface area (Å²) in [4.78, 5) is 23.1. The van der Waals surface area contributed by atoms with Gasteiger partial charge in [0.05, 0.1) is 26.1 Å². The van der Waals surface area contributed by atoms with Gasteiger partial charge in [-0.1, -0.05) is 0 Å². The van der Waals surface area contributed by atoms with Crippen molar-refractivity contribution in [2.75, 3.05) is 14.2 Å². The number of nitrogens with one attached hydrogen (secondary N) is 1. The summed E-state index contributed by atoms with van der Waals surface area (Å²) < 4.78 is 9.45. The Labute approximate surface area is 88.1 Å². The van der Waals surface area contributed by atoms with E-state index in [1.165, 1.54) is 14.2 Å². The second-order valence-corrected chi connectivity index (χ2v) is 4.05. The van der Waals surface area contributed by atoms with Crippen molar-refractivity contribution in [3.8, 4) is 0 Å². The molecule has 2 bridgehead atoms. The number of carbonyl (C=O) groups excluding carboxylic acids is 2. The van der Waals surface area contributed by atoms with Gasteiger partial charge in [0, 0.05) is 12.1 Å². The molecule has 2 saturated heterocycles. The Bertz CT molecular complexity index is 263. The number of ether oxygens (including phenoxy) is 2. The molecule has 0 spiro atoms. The summed E-state index contributed by atoms with van der Waals surface area (Å²) in [5.74, 6) is -1.38. The first-order valence-electron chi connectivity index (χ1n) is 5.10. The van der Waals surface area contributed by atoms with Crippen molar-refractivity contribution in [1.82, 2.24) is 5.32 Å². The molecule has 15 heavy (non-hydrogen) atoms. The molecule has 2 fully saturated rings. The summed E-state index contributed by atoms with van der Waals surface area (Å²) in [7, 11) is 2.70. The van der Waals surface area contributed by atoms with Crippen LogP contribution < -0.4 is 5.32 Å². The molecule has 0 saturated carbocycles. The third kappa shape index (κ3) is 1.51. The molecule has 0 aromatic rings. The van der Waals surface area contributed by atoms with Crippen molar-refractivity contribution in [2.24, 2.45) is 11.8 Å². The van der Waals surface area contributed by atoms with Crippen molar-refractivity contribution >= 4 is 11.9 Å². The quantitative estimate of drug-likeness (QED) is 0.638. The van der Waals surface area contributed by atoms with Crippen molar-refractivity contribution < 1.29 is 19.1 Å². The molecule has 2 rings (SSSR count). The van der Waals surface area contributed by atoms with E-state index in [-0.39, 0.29) is 35.9 Å². The van der Waals surface area contributed by atoms with Crippen LogP contribution in [0.2, 0.25) is 0 Å². The highest BCUT2D eigenvalue weighted by Gasteiger charge is 2.54. The van der Waals surface area contributed by atoms with Gasteiger partial charge < -0.3 is 14.8 Å². The van der Waals surface area contributed by atoms with E-state index in [1.54, 1.807) is 0 Å². The normalized spacial score (nSPS) is 37.7. The van der Waals surface area contributed by atoms with Gasteiger partial charge in [0.15, 0.2) is 0 Å². The summed E-state index contributed by atoms with van der Waals surface area (Å²) in [6, 6.07) is 0.151. The van der Waals surface area contributed by atoms with Gasteiger partial charge in [-0.2, -0.15) is 0 Å². The highest BCUT2D eigenvalue weighted by Crippen LogP contribution is 2.39. The maximum atomic E-state index is 11.6. The topological polar surface area (TPSA) is 64.6 Å². The molecule has 0 aromatic carbocycles. The van der Waals surface area contributed by atoms with E-state index >= 15 is 0 Å². The Morgan fingerprint density at radius 1 is 1.00 bits per heavy atom. The Morgan fingerprint density at radius 2 is 1.40 bits per heavy atom. The van der Waals surface area contributed by atoms with Gasteiger partial charge >= 0.3 is 11.9 Å². The van der Waals surface area contributed by atoms with E-state index in [4.69, 9.17) is 9.47 Å². The van der Waals surface area contributed by atoms with Crippen LogP contribution in [0.3, 0.4) is 0 Å². The molecule has 0 unspecified atom stereocenters. The largest absolute Gasteiger partial charge is 0.469 e. The van der Waals surface area contributed by atoms with E-state index in [2.05, 4.69) is 5.32 Å². The minimum atomic E-state index is -0.374. The van der Waals surface area contributed by atoms with Gasteiger partial charge in [-0.05, 0) is 12.8 Å². The Morgan fingerprint density at radius 3 is 1.73 bits per heavy atom. The summed E-state index contributed by atoms with van der Waals surface area (Å²) in [6.45, 7) is 0. The maximum absolute atomic E-state index is 11.6. The zero-order chi connectivity index (χ0) is 11.0. The van der Waals surface area contributed by atoms with Gasteiger partial charge in [0.1, 0.15) is 0 Å². The van der Waals surface area contributed by atoms with Gasteiger partial charge in [0.2, 0.25) is 0 Å². The molecule has 0 radical (unpaired) electrons. The van der Waals surface area contributed by atoms with Crippen LogP contribution in [-0.4, -0.2) is 38.2 Å². The predicted octanol–water partition coefficient (Wildman–Crippen LogP) is -0.301. The summed E-state index contributed by atoms with van der Waals surface area (Å²) in [5, 5.41) is 3.26. The van der Waals surface area contributed by atoms with Gasteiger partial charge in [-0.3, -0.25) is 9.59 Å². The molecular formula is C10H15NO4. The lowest BCUT2D eigenvalue weighted by Crippen LogP contribution is -2.39. The minimum Gasteiger partial charge on any atom is -0.469 e. The van der Waals surface area contributed by atoms with Crippen molar-refractivity contribution in [2.45, 2.75) is 24.9 Å². The third-order valence-electron chi connectivity index (χ3n) is 3.42. The van der Waals surface area contributed by atoms with E-state index < -0.39 is 0 Å². The summed E-state index contributed by atoms with van der Waals surface area (Å²) in [5.41, 5.74) is 0. The molecule has 2 aliphatic heterocycles. The average Bonchev–Trinajstić information content (AvgIpc) is 2.86. The lowest BCUT2D eigenvalue weighted by Gasteiger charge is -2.24. The third-order valence-corrected chi connectivity index (χ3v) is 3.42. The molecule has 2 aliphatic rings. The molecule has 0 aliphatic carbocycles. The van der Waals surface area contributed by atoms with Crippen LogP contribution in [0.5, 0.6) is 0 Å². The van der Waals surface area contributed by atoms with Crippen LogP contribution in [0.25, 0.3) is 0 Å². The zero-order valence-corrected chi connectivity index (χ0v) is 8.86. The van der Waals surface area contributed by atoms with Crippen LogP contribution in [-0.2, 0) is 19.1 Å². The fourth-order valence-electron chi connectivity index (χ4n) is 2.76. The summed E-state index contributed by atoms with van der Waals surface area (Å²) in [6.07, 6.45) is 1.86. The van der Waals surface area contributed by atoms with Crippen molar-refractivity contribution in [1.29, 1.82) is 0 Å². The Balaban J connectivity index is 2.19. The predicted molar refractivity (Wildman–Crippen MR) is 51.0 cm³/mol. The number of fused-ring (bicyclic) bond motifs is 2. The van der Waals surface area contributed by atoms with E-state index in [1.807, 2.05) is 0 Å². The number of hydrogen-bond donors (Lipinski definition) is 1. The fraction of sp³-hybridized carbons (Fsp3) is 0.800. The lowest BCUT2D eigenvalue weighted by molar-refractivity contribution is -0.157. The minimum absolute atomic E-state index is 0.0755. The number of methoxy groups -OCH3 is 2. The van der Waals surface area contributed by atoms with E-state index in [0.717, 1.165) is 12.8 Å². The van der Waals surface area contributed by atoms with Crippen LogP contribution >= 0.6 is 0 Å². The van der Waals surface area contributed by atoms with Crippen molar-refractivity contribution in [3.63, 3.8) is 0 Å². The Kier molecular flexibility index (Phi) is 2.65. The molecule has 5 nitrogen and oxygen atoms in total. The zero-order valence-electron chi connectivity index (χ0n) is 8.86. The average molecular weight is 213 g/mol. The summed E-state index contributed by atoms with van der Waals surface area (Å²) >= 11 is 0. The molecule has 84 valence electrons. The maximum Gasteiger partial charge on any atom is 0.311 e. The number of esters is 2. The van der Waals surface area contributed by atoms with E-state index in [0.29, 0.717) is 0 Å². The monoisotopic (exact) mass is 213 g/mol. The first-order valence-corrected chi connectivity index (χ1v) is 5.10. The number of rotatable bonds is 2. The molecule has 2 heterocycles. The number of hydrogen-bond acceptors (Lipinski definition) is 5. The van der Waals surface area contributed by atoms with Crippen molar-refractivity contribution in [3.05, 3.63) is 0 Å². The lowest BCUT2D eigenvalue weighted by atomic mass is 9.79. The van der Waals surface area contributed by atoms with E-state index in [9.17, 15) is 9.59 Å². The molecule has 0 amide bonds. The van der Waals surface area contributed by atoms with Crippen LogP contribution in [0.4, 0.5) is 0 Å².